The van der Waals surface area contributed by atoms with Gasteiger partial charge in [0.1, 0.15) is 0 Å². The van der Waals surface area contributed by atoms with Gasteiger partial charge < -0.3 is 15.0 Å². The van der Waals surface area contributed by atoms with Gasteiger partial charge in [-0.2, -0.15) is 0 Å². The molecule has 1 aromatic rings. The van der Waals surface area contributed by atoms with Crippen molar-refractivity contribution in [2.24, 2.45) is 5.41 Å². The first-order valence-electron chi connectivity index (χ1n) is 7.01. The molecule has 1 rings (SSSR count). The van der Waals surface area contributed by atoms with Crippen molar-refractivity contribution in [1.82, 2.24) is 9.95 Å². The van der Waals surface area contributed by atoms with Crippen LogP contribution in [-0.2, 0) is 21.3 Å². The van der Waals surface area contributed by atoms with E-state index in [0.717, 1.165) is 0 Å². The van der Waals surface area contributed by atoms with Gasteiger partial charge in [0, 0.05) is 19.7 Å². The lowest BCUT2D eigenvalue weighted by atomic mass is 9.85. The summed E-state index contributed by atoms with van der Waals surface area (Å²) in [6.07, 6.45) is 0. The van der Waals surface area contributed by atoms with E-state index < -0.39 is 10.0 Å². The average Bonchev–Trinajstić information content (AvgIpc) is 2.45. The largest absolute Gasteiger partial charge is 0.427 e. The van der Waals surface area contributed by atoms with Crippen LogP contribution in [-0.4, -0.2) is 40.8 Å². The van der Waals surface area contributed by atoms with Crippen molar-refractivity contribution < 1.29 is 18.2 Å². The Morgan fingerprint density at radius 1 is 1.32 bits per heavy atom. The highest BCUT2D eigenvalue weighted by Crippen LogP contribution is 2.20. The predicted molar refractivity (Wildman–Crippen MR) is 86.7 cm³/mol. The van der Waals surface area contributed by atoms with Crippen molar-refractivity contribution in [2.45, 2.75) is 38.3 Å². The van der Waals surface area contributed by atoms with E-state index in [1.165, 1.54) is 20.8 Å². The van der Waals surface area contributed by atoms with Crippen LogP contribution in [0, 0.1) is 5.41 Å². The summed E-state index contributed by atoms with van der Waals surface area (Å²) in [7, 11) is -0.730. The van der Waals surface area contributed by atoms with Gasteiger partial charge in [-0.05, 0) is 17.0 Å². The van der Waals surface area contributed by atoms with Gasteiger partial charge in [-0.3, -0.25) is 0 Å². The first-order chi connectivity index (χ1) is 10.2. The molecule has 0 saturated carbocycles. The zero-order valence-corrected chi connectivity index (χ0v) is 14.3. The molecule has 0 amide bonds. The van der Waals surface area contributed by atoms with Crippen molar-refractivity contribution in [1.29, 1.82) is 0 Å². The number of hydrogen-bond donors (Lipinski definition) is 3. The minimum absolute atomic E-state index is 0.0980. The van der Waals surface area contributed by atoms with Gasteiger partial charge >= 0.3 is 7.62 Å². The van der Waals surface area contributed by atoms with E-state index in [2.05, 4.69) is 9.95 Å². The Kier molecular flexibility index (Phi) is 7.02. The third-order valence-electron chi connectivity index (χ3n) is 3.34. The fourth-order valence-corrected chi connectivity index (χ4v) is 3.21. The number of sulfonamides is 1. The van der Waals surface area contributed by atoms with Crippen LogP contribution in [0.3, 0.4) is 0 Å². The van der Waals surface area contributed by atoms with Crippen LogP contribution in [0.2, 0.25) is 0 Å². The minimum atomic E-state index is -3.69. The highest BCUT2D eigenvalue weighted by Gasteiger charge is 2.27. The summed E-state index contributed by atoms with van der Waals surface area (Å²) in [6.45, 7) is 5.89. The standard InChI is InChI=1S/C14H24BN2O4S/c1-14(2,3)13(17-15-21-4)9-16-22(19,20)12-8-6-5-7-11(12)10-18/h5-8,13,16-18H,9-10H2,1-4H3/t13-/m1/s1. The second-order valence-electron chi connectivity index (χ2n) is 6.06. The molecular formula is C14H24BN2O4S. The fraction of sp³-hybridized carbons (Fsp3) is 0.571. The minimum Gasteiger partial charge on any atom is -0.427 e. The molecule has 0 spiro atoms. The summed E-state index contributed by atoms with van der Waals surface area (Å²) < 4.78 is 32.3. The second kappa shape index (κ2) is 8.08. The summed E-state index contributed by atoms with van der Waals surface area (Å²) in [5, 5.41) is 12.3. The molecule has 0 aromatic heterocycles. The first kappa shape index (κ1) is 19.1. The Balaban J connectivity index is 2.87. The summed E-state index contributed by atoms with van der Waals surface area (Å²) in [5.74, 6) is 0. The first-order valence-corrected chi connectivity index (χ1v) is 8.49. The predicted octanol–water partition coefficient (Wildman–Crippen LogP) is 0.642. The number of benzene rings is 1. The van der Waals surface area contributed by atoms with Crippen molar-refractivity contribution >= 4 is 17.6 Å². The second-order valence-corrected chi connectivity index (χ2v) is 7.79. The van der Waals surface area contributed by atoms with Crippen molar-refractivity contribution in [3.8, 4) is 0 Å². The van der Waals surface area contributed by atoms with Crippen LogP contribution in [0.1, 0.15) is 26.3 Å². The summed E-state index contributed by atoms with van der Waals surface area (Å²) in [4.78, 5) is 0.0980. The number of aliphatic hydroxyl groups is 1. The van der Waals surface area contributed by atoms with E-state index in [-0.39, 0.29) is 29.5 Å². The summed E-state index contributed by atoms with van der Waals surface area (Å²) >= 11 is 0. The zero-order chi connectivity index (χ0) is 16.8. The quantitative estimate of drug-likeness (QED) is 0.610. The molecule has 0 fully saturated rings. The van der Waals surface area contributed by atoms with Gasteiger partial charge in [-0.25, -0.2) is 13.1 Å². The topological polar surface area (TPSA) is 87.7 Å². The zero-order valence-electron chi connectivity index (χ0n) is 13.5. The third kappa shape index (κ3) is 5.37. The number of aliphatic hydroxyl groups excluding tert-OH is 1. The lowest BCUT2D eigenvalue weighted by molar-refractivity contribution is 0.278. The maximum Gasteiger partial charge on any atom is 0.395 e. The molecule has 1 radical (unpaired) electrons. The van der Waals surface area contributed by atoms with Crippen molar-refractivity contribution in [3.05, 3.63) is 29.8 Å². The smallest absolute Gasteiger partial charge is 0.395 e. The monoisotopic (exact) mass is 327 g/mol. The molecule has 0 aliphatic carbocycles. The number of nitrogens with one attached hydrogen (secondary N) is 2. The molecule has 1 atom stereocenters. The van der Waals surface area contributed by atoms with E-state index in [1.54, 1.807) is 18.2 Å². The Morgan fingerprint density at radius 3 is 2.50 bits per heavy atom. The Hall–Kier alpha value is -0.925. The maximum atomic E-state index is 12.4. The highest BCUT2D eigenvalue weighted by atomic mass is 32.2. The molecule has 0 bridgehead atoms. The van der Waals surface area contributed by atoms with Gasteiger partial charge in [0.25, 0.3) is 0 Å². The van der Waals surface area contributed by atoms with Gasteiger partial charge in [0.15, 0.2) is 0 Å². The normalized spacial score (nSPS) is 13.9. The van der Waals surface area contributed by atoms with Crippen LogP contribution in [0.25, 0.3) is 0 Å². The molecule has 0 aliphatic rings. The van der Waals surface area contributed by atoms with Gasteiger partial charge in [-0.1, -0.05) is 39.0 Å². The van der Waals surface area contributed by atoms with E-state index >= 15 is 0 Å². The Morgan fingerprint density at radius 2 is 1.95 bits per heavy atom. The van der Waals surface area contributed by atoms with Crippen LogP contribution in [0.5, 0.6) is 0 Å². The molecule has 0 aliphatic heterocycles. The molecule has 1 aromatic carbocycles. The molecule has 0 heterocycles. The van der Waals surface area contributed by atoms with Crippen molar-refractivity contribution in [2.75, 3.05) is 13.7 Å². The molecular weight excluding hydrogens is 303 g/mol. The van der Waals surface area contributed by atoms with Gasteiger partial charge in [0.05, 0.1) is 11.5 Å². The number of rotatable bonds is 8. The molecule has 22 heavy (non-hydrogen) atoms. The molecule has 8 heteroatoms. The SMILES string of the molecule is CO[B]N[C@H](CNS(=O)(=O)c1ccccc1CO)C(C)(C)C. The molecule has 3 N–H and O–H groups in total. The van der Waals surface area contributed by atoms with Crippen LogP contribution < -0.4 is 9.95 Å². The molecule has 0 unspecified atom stereocenters. The Bertz CT molecular complexity index is 572. The molecule has 0 saturated heterocycles. The average molecular weight is 327 g/mol. The lowest BCUT2D eigenvalue weighted by Gasteiger charge is -2.31. The van der Waals surface area contributed by atoms with Gasteiger partial charge in [-0.15, -0.1) is 0 Å². The molecule has 123 valence electrons. The van der Waals surface area contributed by atoms with Crippen molar-refractivity contribution in [3.63, 3.8) is 0 Å². The fourth-order valence-electron chi connectivity index (χ4n) is 1.93. The summed E-state index contributed by atoms with van der Waals surface area (Å²) in [6, 6.07) is 6.24. The van der Waals surface area contributed by atoms with Crippen LogP contribution >= 0.6 is 0 Å². The van der Waals surface area contributed by atoms with Gasteiger partial charge in [0.2, 0.25) is 10.0 Å². The van der Waals surface area contributed by atoms with Crippen LogP contribution in [0.4, 0.5) is 0 Å². The third-order valence-corrected chi connectivity index (χ3v) is 4.87. The Labute approximate surface area is 133 Å². The molecule has 6 nitrogen and oxygen atoms in total. The number of hydrogen-bond acceptors (Lipinski definition) is 5. The lowest BCUT2D eigenvalue weighted by Crippen LogP contribution is -2.50. The van der Waals surface area contributed by atoms with E-state index in [0.29, 0.717) is 5.56 Å². The van der Waals surface area contributed by atoms with E-state index in [1.807, 2.05) is 20.8 Å². The maximum absolute atomic E-state index is 12.4. The van der Waals surface area contributed by atoms with Crippen LogP contribution in [0.15, 0.2) is 29.2 Å². The highest BCUT2D eigenvalue weighted by molar-refractivity contribution is 7.89. The van der Waals surface area contributed by atoms with E-state index in [9.17, 15) is 13.5 Å². The summed E-state index contributed by atoms with van der Waals surface area (Å²) in [5.41, 5.74) is 0.201. The van der Waals surface area contributed by atoms with E-state index in [4.69, 9.17) is 4.65 Å².